The number of carbonyl (C=O) groups excluding carboxylic acids is 3. The molecule has 12 heteroatoms. The van der Waals surface area contributed by atoms with E-state index >= 15 is 0 Å². The van der Waals surface area contributed by atoms with Crippen LogP contribution in [0.5, 0.6) is 0 Å². The predicted octanol–water partition coefficient (Wildman–Crippen LogP) is 3.56. The molecule has 1 aromatic carbocycles. The van der Waals surface area contributed by atoms with Gasteiger partial charge in [-0.05, 0) is 83.6 Å². The lowest BCUT2D eigenvalue weighted by molar-refractivity contribution is -0.145. The van der Waals surface area contributed by atoms with Gasteiger partial charge in [0.25, 0.3) is 0 Å². The summed E-state index contributed by atoms with van der Waals surface area (Å²) in [4.78, 5) is 56.1. The third kappa shape index (κ3) is 6.52. The quantitative estimate of drug-likeness (QED) is 0.456. The first-order chi connectivity index (χ1) is 20.3. The number of nitrogens with one attached hydrogen (secondary N) is 2. The fraction of sp³-hybridized carbons (Fsp3) is 0.613. The van der Waals surface area contributed by atoms with Crippen LogP contribution in [0.15, 0.2) is 24.3 Å². The minimum absolute atomic E-state index is 0.131. The van der Waals surface area contributed by atoms with Crippen molar-refractivity contribution in [2.45, 2.75) is 109 Å². The lowest BCUT2D eigenvalue weighted by atomic mass is 10.0. The first-order valence-corrected chi connectivity index (χ1v) is 15.1. The van der Waals surface area contributed by atoms with Crippen molar-refractivity contribution in [2.75, 3.05) is 6.54 Å². The van der Waals surface area contributed by atoms with Gasteiger partial charge in [0.15, 0.2) is 0 Å². The molecule has 5 atom stereocenters. The molecule has 43 heavy (non-hydrogen) atoms. The van der Waals surface area contributed by atoms with Crippen LogP contribution >= 0.6 is 0 Å². The molecular weight excluding hydrogens is 552 g/mol. The largest absolute Gasteiger partial charge is 0.479 e. The fourth-order valence-electron chi connectivity index (χ4n) is 6.05. The summed E-state index contributed by atoms with van der Waals surface area (Å²) < 4.78 is 5.45. The summed E-state index contributed by atoms with van der Waals surface area (Å²) in [7, 11) is 0. The number of hydrogen-bond donors (Lipinski definition) is 3. The highest BCUT2D eigenvalue weighted by atomic mass is 16.6. The molecule has 0 bridgehead atoms. The van der Waals surface area contributed by atoms with Crippen molar-refractivity contribution in [1.82, 2.24) is 30.5 Å². The van der Waals surface area contributed by atoms with E-state index < -0.39 is 53.1 Å². The zero-order chi connectivity index (χ0) is 31.1. The molecule has 3 aliphatic rings. The number of ether oxygens (including phenoxy) is 1. The monoisotopic (exact) mass is 594 g/mol. The van der Waals surface area contributed by atoms with Crippen LogP contribution in [0.3, 0.4) is 0 Å². The van der Waals surface area contributed by atoms with Gasteiger partial charge < -0.3 is 25.4 Å². The Labute approximate surface area is 251 Å². The van der Waals surface area contributed by atoms with E-state index in [2.05, 4.69) is 20.8 Å². The van der Waals surface area contributed by atoms with E-state index in [0.29, 0.717) is 30.3 Å². The molecule has 2 aliphatic heterocycles. The number of aryl methyl sites for hydroxylation is 2. The van der Waals surface area contributed by atoms with Crippen molar-refractivity contribution < 1.29 is 29.0 Å². The van der Waals surface area contributed by atoms with E-state index in [1.54, 1.807) is 25.6 Å². The predicted molar refractivity (Wildman–Crippen MR) is 158 cm³/mol. The molecule has 3 amide bonds. The highest BCUT2D eigenvalue weighted by molar-refractivity contribution is 5.96. The number of aromatic nitrogens is 3. The van der Waals surface area contributed by atoms with Crippen molar-refractivity contribution in [3.8, 4) is 0 Å². The summed E-state index contributed by atoms with van der Waals surface area (Å²) >= 11 is 0. The van der Waals surface area contributed by atoms with Gasteiger partial charge in [0.2, 0.25) is 11.8 Å². The highest BCUT2D eigenvalue weighted by Gasteiger charge is 2.61. The smallest absolute Gasteiger partial charge is 0.408 e. The van der Waals surface area contributed by atoms with Gasteiger partial charge in [0, 0.05) is 18.9 Å². The summed E-state index contributed by atoms with van der Waals surface area (Å²) in [6.07, 6.45) is 7.14. The van der Waals surface area contributed by atoms with Gasteiger partial charge in [-0.1, -0.05) is 25.0 Å². The second-order valence-electron chi connectivity index (χ2n) is 13.2. The number of carboxylic acids is 1. The Kier molecular flexibility index (Phi) is 8.24. The lowest BCUT2D eigenvalue weighted by Gasteiger charge is -2.30. The fourth-order valence-corrected chi connectivity index (χ4v) is 6.05. The normalized spacial score (nSPS) is 29.1. The number of alkyl carbamates (subject to hydrolysis) is 1. The Balaban J connectivity index is 1.47. The van der Waals surface area contributed by atoms with Gasteiger partial charge >= 0.3 is 12.1 Å². The van der Waals surface area contributed by atoms with E-state index in [4.69, 9.17) is 4.74 Å². The van der Waals surface area contributed by atoms with Gasteiger partial charge in [-0.25, -0.2) is 9.59 Å². The zero-order valence-corrected chi connectivity index (χ0v) is 25.6. The second-order valence-corrected chi connectivity index (χ2v) is 13.2. The number of benzene rings is 1. The van der Waals surface area contributed by atoms with Crippen LogP contribution < -0.4 is 10.6 Å². The Morgan fingerprint density at radius 2 is 1.77 bits per heavy atom. The van der Waals surface area contributed by atoms with Gasteiger partial charge in [-0.15, -0.1) is 0 Å². The first kappa shape index (κ1) is 30.5. The summed E-state index contributed by atoms with van der Waals surface area (Å²) in [5.41, 5.74) is 1.43. The van der Waals surface area contributed by atoms with Gasteiger partial charge in [0.05, 0.1) is 6.04 Å². The molecule has 12 nitrogen and oxygen atoms in total. The van der Waals surface area contributed by atoms with Gasteiger partial charge in [0.1, 0.15) is 34.3 Å². The molecule has 1 saturated heterocycles. The van der Waals surface area contributed by atoms with Crippen molar-refractivity contribution in [1.29, 1.82) is 0 Å². The van der Waals surface area contributed by atoms with E-state index in [0.717, 1.165) is 30.4 Å². The summed E-state index contributed by atoms with van der Waals surface area (Å²) in [5, 5.41) is 24.9. The van der Waals surface area contributed by atoms with Crippen LogP contribution in [-0.2, 0) is 19.1 Å². The van der Waals surface area contributed by atoms with Gasteiger partial charge in [-0.2, -0.15) is 15.0 Å². The van der Waals surface area contributed by atoms with Crippen molar-refractivity contribution in [3.63, 3.8) is 0 Å². The van der Waals surface area contributed by atoms with Crippen LogP contribution in [0.25, 0.3) is 11.0 Å². The maximum absolute atomic E-state index is 14.2. The minimum Gasteiger partial charge on any atom is -0.479 e. The number of nitrogens with zero attached hydrogens (tertiary/aromatic N) is 4. The molecule has 3 heterocycles. The number of rotatable bonds is 3. The van der Waals surface area contributed by atoms with Crippen molar-refractivity contribution in [2.24, 2.45) is 5.92 Å². The topological polar surface area (TPSA) is 156 Å². The highest BCUT2D eigenvalue weighted by Crippen LogP contribution is 2.45. The van der Waals surface area contributed by atoms with Crippen LogP contribution in [0.4, 0.5) is 4.79 Å². The molecule has 0 radical (unpaired) electrons. The van der Waals surface area contributed by atoms with Gasteiger partial charge in [-0.3, -0.25) is 9.59 Å². The Hall–Kier alpha value is -3.96. The summed E-state index contributed by atoms with van der Waals surface area (Å²) in [6, 6.07) is 1.60. The van der Waals surface area contributed by atoms with Crippen molar-refractivity contribution >= 4 is 34.9 Å². The number of fused-ring (bicyclic) bond motifs is 3. The summed E-state index contributed by atoms with van der Waals surface area (Å²) in [5.74, 6) is -2.36. The van der Waals surface area contributed by atoms with E-state index in [1.165, 1.54) is 4.90 Å². The Morgan fingerprint density at radius 1 is 1.09 bits per heavy atom. The third-order valence-corrected chi connectivity index (χ3v) is 8.67. The van der Waals surface area contributed by atoms with E-state index in [9.17, 15) is 24.3 Å². The number of allylic oxidation sites excluding steroid dienone is 1. The second kappa shape index (κ2) is 11.6. The maximum atomic E-state index is 14.2. The SMILES string of the molecule is Cc1cc2nn([C@H]3C[C@H]4C(=O)N[C@@]5(C(=O)O)C[C@H]5/C=C\CCCCC[C@@H](NC(=O)OC(C)(C)C)C(=O)N4C3)nc2cc1C. The lowest BCUT2D eigenvalue weighted by Crippen LogP contribution is -2.56. The minimum atomic E-state index is -1.40. The standard InChI is InChI=1S/C31H42N6O6/c1-18-13-23-24(14-19(18)2)35-37(34-23)21-15-25-26(38)33-31(28(40)41)16-20(31)11-9-7-6-8-10-12-22(27(39)36(25)17-21)32-29(42)43-30(3,4)5/h9,11,13-14,20-22,25H,6-8,10,12,15-17H2,1-5H3,(H,32,42)(H,33,38)(H,40,41)/b11-9-/t20-,21+,22-,25+,31+/m1/s1. The molecule has 232 valence electrons. The Morgan fingerprint density at radius 3 is 2.40 bits per heavy atom. The molecule has 3 N–H and O–H groups in total. The molecule has 0 spiro atoms. The third-order valence-electron chi connectivity index (χ3n) is 8.67. The zero-order valence-electron chi connectivity index (χ0n) is 25.6. The maximum Gasteiger partial charge on any atom is 0.408 e. The van der Waals surface area contributed by atoms with E-state index in [-0.39, 0.29) is 18.9 Å². The average Bonchev–Trinajstić information content (AvgIpc) is 3.23. The molecule has 5 rings (SSSR count). The number of carbonyl (C=O) groups is 4. The molecular formula is C31H42N6O6. The van der Waals surface area contributed by atoms with Crippen LogP contribution in [-0.4, -0.2) is 78.6 Å². The van der Waals surface area contributed by atoms with Crippen LogP contribution in [0.1, 0.15) is 82.9 Å². The molecule has 1 saturated carbocycles. The average molecular weight is 595 g/mol. The van der Waals surface area contributed by atoms with Crippen LogP contribution in [0.2, 0.25) is 0 Å². The van der Waals surface area contributed by atoms with E-state index in [1.807, 2.05) is 38.1 Å². The number of amides is 3. The van der Waals surface area contributed by atoms with Crippen LogP contribution in [0, 0.1) is 19.8 Å². The molecule has 2 fully saturated rings. The summed E-state index contributed by atoms with van der Waals surface area (Å²) in [6.45, 7) is 9.37. The number of aliphatic carboxylic acids is 1. The molecule has 1 aromatic heterocycles. The Bertz CT molecular complexity index is 1420. The number of carboxylic acid groups (broad SMARTS) is 1. The molecule has 0 unspecified atom stereocenters. The first-order valence-electron chi connectivity index (χ1n) is 15.1. The molecule has 2 aromatic rings. The number of hydrogen-bond acceptors (Lipinski definition) is 7. The van der Waals surface area contributed by atoms with Crippen molar-refractivity contribution in [3.05, 3.63) is 35.4 Å². The molecule has 1 aliphatic carbocycles.